The van der Waals surface area contributed by atoms with Crippen molar-refractivity contribution in [1.82, 2.24) is 4.98 Å². The standard InChI is InChI=1S/C13H11NO3S/c1-6-14-10-3-2-7(4-11(10)18-6)12(15)8-5-9(8)13(16)17/h2-4,8-9H,5H2,1H3,(H,16,17). The number of ketones is 1. The molecule has 0 spiro atoms. The molecule has 1 aliphatic carbocycles. The van der Waals surface area contributed by atoms with Crippen LogP contribution in [-0.4, -0.2) is 21.8 Å². The molecule has 18 heavy (non-hydrogen) atoms. The molecule has 0 aliphatic heterocycles. The van der Waals surface area contributed by atoms with Gasteiger partial charge in [-0.15, -0.1) is 11.3 Å². The number of aryl methyl sites for hydroxylation is 1. The summed E-state index contributed by atoms with van der Waals surface area (Å²) in [5.74, 6) is -1.76. The quantitative estimate of drug-likeness (QED) is 0.862. The Balaban J connectivity index is 1.90. The Labute approximate surface area is 107 Å². The number of carbonyl (C=O) groups is 2. The monoisotopic (exact) mass is 261 g/mol. The first-order chi connectivity index (χ1) is 8.56. The van der Waals surface area contributed by atoms with Crippen LogP contribution in [0.15, 0.2) is 18.2 Å². The predicted molar refractivity (Wildman–Crippen MR) is 67.9 cm³/mol. The first kappa shape index (κ1) is 11.3. The number of fused-ring (bicyclic) bond motifs is 1. The van der Waals surface area contributed by atoms with Gasteiger partial charge in [-0.05, 0) is 31.5 Å². The fraction of sp³-hybridized carbons (Fsp3) is 0.308. The number of aliphatic carboxylic acids is 1. The van der Waals surface area contributed by atoms with Crippen molar-refractivity contribution in [2.75, 3.05) is 0 Å². The molecule has 0 saturated heterocycles. The molecule has 92 valence electrons. The van der Waals surface area contributed by atoms with Crippen molar-refractivity contribution >= 4 is 33.3 Å². The molecule has 1 aromatic carbocycles. The first-order valence-electron chi connectivity index (χ1n) is 5.70. The van der Waals surface area contributed by atoms with Crippen LogP contribution < -0.4 is 0 Å². The Bertz CT molecular complexity index is 661. The minimum Gasteiger partial charge on any atom is -0.481 e. The fourth-order valence-corrected chi connectivity index (χ4v) is 3.03. The summed E-state index contributed by atoms with van der Waals surface area (Å²) in [7, 11) is 0. The average molecular weight is 261 g/mol. The maximum atomic E-state index is 12.1. The number of hydrogen-bond donors (Lipinski definition) is 1. The van der Waals surface area contributed by atoms with Crippen LogP contribution in [0.25, 0.3) is 10.2 Å². The van der Waals surface area contributed by atoms with E-state index in [0.29, 0.717) is 12.0 Å². The van der Waals surface area contributed by atoms with E-state index in [9.17, 15) is 9.59 Å². The van der Waals surface area contributed by atoms with Crippen molar-refractivity contribution in [2.45, 2.75) is 13.3 Å². The van der Waals surface area contributed by atoms with Gasteiger partial charge < -0.3 is 5.11 Å². The molecule has 2 aromatic rings. The Morgan fingerprint density at radius 2 is 2.17 bits per heavy atom. The Kier molecular flexibility index (Phi) is 2.45. The van der Waals surface area contributed by atoms with Gasteiger partial charge in [-0.3, -0.25) is 9.59 Å². The lowest BCUT2D eigenvalue weighted by molar-refractivity contribution is -0.138. The van der Waals surface area contributed by atoms with Gasteiger partial charge in [-0.1, -0.05) is 0 Å². The van der Waals surface area contributed by atoms with Crippen LogP contribution in [0.3, 0.4) is 0 Å². The van der Waals surface area contributed by atoms with Crippen LogP contribution in [-0.2, 0) is 4.79 Å². The number of carbonyl (C=O) groups excluding carboxylic acids is 1. The molecule has 3 rings (SSSR count). The van der Waals surface area contributed by atoms with Gasteiger partial charge in [0.2, 0.25) is 0 Å². The number of carboxylic acids is 1. The second-order valence-corrected chi connectivity index (χ2v) is 5.80. The van der Waals surface area contributed by atoms with Gasteiger partial charge in [-0.2, -0.15) is 0 Å². The van der Waals surface area contributed by atoms with Crippen LogP contribution in [0.4, 0.5) is 0 Å². The van der Waals surface area contributed by atoms with E-state index >= 15 is 0 Å². The first-order valence-corrected chi connectivity index (χ1v) is 6.52. The molecule has 2 unspecified atom stereocenters. The summed E-state index contributed by atoms with van der Waals surface area (Å²) >= 11 is 1.54. The highest BCUT2D eigenvalue weighted by atomic mass is 32.1. The number of benzene rings is 1. The Morgan fingerprint density at radius 1 is 1.39 bits per heavy atom. The van der Waals surface area contributed by atoms with E-state index < -0.39 is 11.9 Å². The largest absolute Gasteiger partial charge is 0.481 e. The maximum Gasteiger partial charge on any atom is 0.307 e. The van der Waals surface area contributed by atoms with E-state index in [1.54, 1.807) is 17.4 Å². The third-order valence-electron chi connectivity index (χ3n) is 3.22. The maximum absolute atomic E-state index is 12.1. The van der Waals surface area contributed by atoms with E-state index in [0.717, 1.165) is 15.2 Å². The number of carboxylic acid groups (broad SMARTS) is 1. The zero-order valence-corrected chi connectivity index (χ0v) is 10.5. The van der Waals surface area contributed by atoms with Crippen molar-refractivity contribution in [3.8, 4) is 0 Å². The van der Waals surface area contributed by atoms with Gasteiger partial charge in [0.1, 0.15) is 0 Å². The third kappa shape index (κ3) is 1.80. The second-order valence-electron chi connectivity index (χ2n) is 4.57. The normalized spacial score (nSPS) is 22.1. The summed E-state index contributed by atoms with van der Waals surface area (Å²) in [5, 5.41) is 9.80. The molecule has 1 aliphatic rings. The van der Waals surface area contributed by atoms with Crippen LogP contribution in [0.1, 0.15) is 21.8 Å². The topological polar surface area (TPSA) is 67.3 Å². The van der Waals surface area contributed by atoms with Gasteiger partial charge in [0, 0.05) is 11.5 Å². The highest BCUT2D eigenvalue weighted by molar-refractivity contribution is 7.18. The molecule has 4 nitrogen and oxygen atoms in total. The summed E-state index contributed by atoms with van der Waals surface area (Å²) in [6.45, 7) is 1.92. The summed E-state index contributed by atoms with van der Waals surface area (Å²) in [4.78, 5) is 27.2. The zero-order valence-electron chi connectivity index (χ0n) is 9.71. The number of hydrogen-bond acceptors (Lipinski definition) is 4. The van der Waals surface area contributed by atoms with Crippen molar-refractivity contribution in [3.63, 3.8) is 0 Å². The van der Waals surface area contributed by atoms with Gasteiger partial charge in [0.15, 0.2) is 5.78 Å². The van der Waals surface area contributed by atoms with E-state index in [2.05, 4.69) is 4.98 Å². The molecular weight excluding hydrogens is 250 g/mol. The van der Waals surface area contributed by atoms with E-state index in [1.165, 1.54) is 0 Å². The highest BCUT2D eigenvalue weighted by Gasteiger charge is 2.48. The minimum atomic E-state index is -0.872. The molecule has 0 amide bonds. The van der Waals surface area contributed by atoms with E-state index in [4.69, 9.17) is 5.11 Å². The SMILES string of the molecule is Cc1nc2ccc(C(=O)C3CC3C(=O)O)cc2s1. The number of thiazole rings is 1. The molecule has 1 fully saturated rings. The second kappa shape index (κ2) is 3.88. The molecule has 1 saturated carbocycles. The number of aromatic nitrogens is 1. The summed E-state index contributed by atoms with van der Waals surface area (Å²) in [6.07, 6.45) is 0.466. The predicted octanol–water partition coefficient (Wildman–Crippen LogP) is 2.51. The molecule has 1 aromatic heterocycles. The smallest absolute Gasteiger partial charge is 0.307 e. The number of rotatable bonds is 3. The lowest BCUT2D eigenvalue weighted by Gasteiger charge is -1.98. The number of Topliss-reactive ketones (excluding diaryl/α,β-unsaturated/α-hetero) is 1. The number of nitrogens with zero attached hydrogens (tertiary/aromatic N) is 1. The fourth-order valence-electron chi connectivity index (χ4n) is 2.16. The third-order valence-corrected chi connectivity index (χ3v) is 4.16. The average Bonchev–Trinajstić information content (AvgIpc) is 3.03. The Hall–Kier alpha value is -1.75. The molecule has 5 heteroatoms. The van der Waals surface area contributed by atoms with Crippen molar-refractivity contribution < 1.29 is 14.7 Å². The van der Waals surface area contributed by atoms with Gasteiger partial charge in [0.05, 0.1) is 21.1 Å². The summed E-state index contributed by atoms with van der Waals surface area (Å²) in [5.41, 5.74) is 1.49. The summed E-state index contributed by atoms with van der Waals surface area (Å²) < 4.78 is 0.978. The van der Waals surface area contributed by atoms with Crippen LogP contribution in [0.2, 0.25) is 0 Å². The zero-order chi connectivity index (χ0) is 12.9. The van der Waals surface area contributed by atoms with Crippen molar-refractivity contribution in [3.05, 3.63) is 28.8 Å². The van der Waals surface area contributed by atoms with Gasteiger partial charge in [-0.25, -0.2) is 4.98 Å². The van der Waals surface area contributed by atoms with E-state index in [-0.39, 0.29) is 11.7 Å². The van der Waals surface area contributed by atoms with Gasteiger partial charge >= 0.3 is 5.97 Å². The Morgan fingerprint density at radius 3 is 2.83 bits per heavy atom. The minimum absolute atomic E-state index is 0.0599. The van der Waals surface area contributed by atoms with Crippen LogP contribution >= 0.6 is 11.3 Å². The van der Waals surface area contributed by atoms with Crippen molar-refractivity contribution in [1.29, 1.82) is 0 Å². The molecule has 1 heterocycles. The van der Waals surface area contributed by atoms with Crippen molar-refractivity contribution in [2.24, 2.45) is 11.8 Å². The van der Waals surface area contributed by atoms with Crippen LogP contribution in [0.5, 0.6) is 0 Å². The molecule has 0 radical (unpaired) electrons. The van der Waals surface area contributed by atoms with Gasteiger partial charge in [0.25, 0.3) is 0 Å². The molecule has 2 atom stereocenters. The molecular formula is C13H11NO3S. The van der Waals surface area contributed by atoms with E-state index in [1.807, 2.05) is 19.1 Å². The lowest BCUT2D eigenvalue weighted by atomic mass is 10.1. The highest BCUT2D eigenvalue weighted by Crippen LogP contribution is 2.41. The molecule has 1 N–H and O–H groups in total. The summed E-state index contributed by atoms with van der Waals surface area (Å²) in [6, 6.07) is 5.38. The lowest BCUT2D eigenvalue weighted by Crippen LogP contribution is -2.08. The van der Waals surface area contributed by atoms with Crippen LogP contribution in [0, 0.1) is 18.8 Å². The molecule has 0 bridgehead atoms.